The standard InChI is InChI=1S/C22H16BrClN4O/c23-20-14-28(13-15-8-10-18(24)11-9-15)27-21(20)22(29)26-25-12-17-6-3-5-16-4-1-2-7-19(16)17/h1-12,14H,13H2,(H,26,29)/b25-12-. The van der Waals surface area contributed by atoms with Crippen molar-refractivity contribution in [3.8, 4) is 0 Å². The number of halogens is 2. The van der Waals surface area contributed by atoms with Crippen LogP contribution in [0.4, 0.5) is 0 Å². The molecule has 0 saturated heterocycles. The Hall–Kier alpha value is -2.96. The molecule has 29 heavy (non-hydrogen) atoms. The second kappa shape index (κ2) is 8.59. The summed E-state index contributed by atoms with van der Waals surface area (Å²) in [6.45, 7) is 0.530. The molecule has 0 unspecified atom stereocenters. The Labute approximate surface area is 181 Å². The Morgan fingerprint density at radius 3 is 2.69 bits per heavy atom. The topological polar surface area (TPSA) is 59.3 Å². The van der Waals surface area contributed by atoms with Gasteiger partial charge >= 0.3 is 0 Å². The largest absolute Gasteiger partial charge is 0.293 e. The molecule has 3 aromatic carbocycles. The fourth-order valence-corrected chi connectivity index (χ4v) is 3.61. The summed E-state index contributed by atoms with van der Waals surface area (Å²) in [6, 6.07) is 21.5. The number of carbonyl (C=O) groups is 1. The summed E-state index contributed by atoms with van der Waals surface area (Å²) in [7, 11) is 0. The summed E-state index contributed by atoms with van der Waals surface area (Å²) in [5, 5.41) is 11.3. The van der Waals surface area contributed by atoms with Crippen molar-refractivity contribution in [1.82, 2.24) is 15.2 Å². The van der Waals surface area contributed by atoms with Crippen molar-refractivity contribution in [2.75, 3.05) is 0 Å². The molecular weight excluding hydrogens is 452 g/mol. The molecule has 1 N–H and O–H groups in total. The van der Waals surface area contributed by atoms with E-state index in [9.17, 15) is 4.79 Å². The van der Waals surface area contributed by atoms with Gasteiger partial charge in [-0.25, -0.2) is 5.43 Å². The van der Waals surface area contributed by atoms with Crippen molar-refractivity contribution in [3.63, 3.8) is 0 Å². The van der Waals surface area contributed by atoms with E-state index < -0.39 is 0 Å². The quantitative estimate of drug-likeness (QED) is 0.321. The maximum atomic E-state index is 12.5. The van der Waals surface area contributed by atoms with Gasteiger partial charge in [0.2, 0.25) is 0 Å². The normalized spacial score (nSPS) is 11.2. The van der Waals surface area contributed by atoms with Gasteiger partial charge in [0.25, 0.3) is 5.91 Å². The average molecular weight is 468 g/mol. The molecule has 1 heterocycles. The van der Waals surface area contributed by atoms with Crippen LogP contribution in [0.25, 0.3) is 10.8 Å². The molecule has 0 aliphatic rings. The zero-order chi connectivity index (χ0) is 20.2. The van der Waals surface area contributed by atoms with Crippen molar-refractivity contribution in [2.45, 2.75) is 6.54 Å². The number of fused-ring (bicyclic) bond motifs is 1. The van der Waals surface area contributed by atoms with Crippen LogP contribution in [0, 0.1) is 0 Å². The molecule has 1 aromatic heterocycles. The van der Waals surface area contributed by atoms with Gasteiger partial charge in [-0.1, -0.05) is 66.2 Å². The van der Waals surface area contributed by atoms with Crippen LogP contribution in [0.2, 0.25) is 5.02 Å². The van der Waals surface area contributed by atoms with Crippen molar-refractivity contribution in [1.29, 1.82) is 0 Å². The molecule has 0 aliphatic carbocycles. The molecule has 4 aromatic rings. The van der Waals surface area contributed by atoms with Gasteiger partial charge in [-0.05, 0) is 44.4 Å². The number of aromatic nitrogens is 2. The van der Waals surface area contributed by atoms with Gasteiger partial charge in [0.05, 0.1) is 17.2 Å². The first-order valence-electron chi connectivity index (χ1n) is 8.89. The van der Waals surface area contributed by atoms with Crippen LogP contribution < -0.4 is 5.43 Å². The number of benzene rings is 3. The lowest BCUT2D eigenvalue weighted by Gasteiger charge is -2.02. The van der Waals surface area contributed by atoms with Crippen molar-refractivity contribution in [2.24, 2.45) is 5.10 Å². The van der Waals surface area contributed by atoms with E-state index in [1.54, 1.807) is 17.1 Å². The Morgan fingerprint density at radius 1 is 1.10 bits per heavy atom. The highest BCUT2D eigenvalue weighted by Gasteiger charge is 2.15. The van der Waals surface area contributed by atoms with E-state index >= 15 is 0 Å². The number of nitrogens with one attached hydrogen (secondary N) is 1. The van der Waals surface area contributed by atoms with Gasteiger partial charge < -0.3 is 0 Å². The van der Waals surface area contributed by atoms with Crippen molar-refractivity contribution >= 4 is 50.4 Å². The van der Waals surface area contributed by atoms with Crippen LogP contribution in [0.5, 0.6) is 0 Å². The average Bonchev–Trinajstić information content (AvgIpc) is 3.10. The molecule has 144 valence electrons. The third-order valence-electron chi connectivity index (χ3n) is 4.38. The third kappa shape index (κ3) is 4.55. The Morgan fingerprint density at radius 2 is 1.86 bits per heavy atom. The second-order valence-electron chi connectivity index (χ2n) is 6.42. The monoisotopic (exact) mass is 466 g/mol. The molecule has 4 rings (SSSR count). The fraction of sp³-hybridized carbons (Fsp3) is 0.0455. The number of rotatable bonds is 5. The minimum atomic E-state index is -0.386. The number of nitrogens with zero attached hydrogens (tertiary/aromatic N) is 3. The fourth-order valence-electron chi connectivity index (χ4n) is 2.99. The highest BCUT2D eigenvalue weighted by atomic mass is 79.9. The molecule has 0 fully saturated rings. The minimum absolute atomic E-state index is 0.272. The number of amides is 1. The van der Waals surface area contributed by atoms with Crippen LogP contribution in [0.1, 0.15) is 21.6 Å². The van der Waals surface area contributed by atoms with Gasteiger partial charge in [0.15, 0.2) is 5.69 Å². The summed E-state index contributed by atoms with van der Waals surface area (Å²) in [5.74, 6) is -0.386. The molecule has 0 spiro atoms. The zero-order valence-corrected chi connectivity index (χ0v) is 17.6. The molecule has 0 bridgehead atoms. The first kappa shape index (κ1) is 19.4. The van der Waals surface area contributed by atoms with E-state index in [2.05, 4.69) is 31.6 Å². The lowest BCUT2D eigenvalue weighted by atomic mass is 10.1. The van der Waals surface area contributed by atoms with Crippen LogP contribution in [0.3, 0.4) is 0 Å². The third-order valence-corrected chi connectivity index (χ3v) is 5.22. The van der Waals surface area contributed by atoms with E-state index in [0.717, 1.165) is 21.9 Å². The number of hydrazone groups is 1. The Bertz CT molecular complexity index is 1200. The number of hydrogen-bond donors (Lipinski definition) is 1. The molecule has 1 amide bonds. The minimum Gasteiger partial charge on any atom is -0.266 e. The van der Waals surface area contributed by atoms with Crippen molar-refractivity contribution in [3.05, 3.63) is 99.2 Å². The van der Waals surface area contributed by atoms with Crippen molar-refractivity contribution < 1.29 is 4.79 Å². The van der Waals surface area contributed by atoms with Crippen LogP contribution >= 0.6 is 27.5 Å². The Balaban J connectivity index is 1.46. The smallest absolute Gasteiger partial charge is 0.266 e. The van der Waals surface area contributed by atoms with Crippen LogP contribution in [-0.4, -0.2) is 21.9 Å². The summed E-state index contributed by atoms with van der Waals surface area (Å²) in [4.78, 5) is 12.5. The number of carbonyl (C=O) groups excluding carboxylic acids is 1. The predicted octanol–water partition coefficient (Wildman–Crippen LogP) is 5.26. The molecular formula is C22H16BrClN4O. The first-order chi connectivity index (χ1) is 14.1. The lowest BCUT2D eigenvalue weighted by Crippen LogP contribution is -2.19. The summed E-state index contributed by atoms with van der Waals surface area (Å²) >= 11 is 9.31. The van der Waals surface area contributed by atoms with E-state index in [1.807, 2.05) is 66.7 Å². The van der Waals surface area contributed by atoms with E-state index in [1.165, 1.54) is 0 Å². The molecule has 0 saturated carbocycles. The van der Waals surface area contributed by atoms with Gasteiger partial charge in [-0.3, -0.25) is 9.48 Å². The Kier molecular flexibility index (Phi) is 5.74. The first-order valence-corrected chi connectivity index (χ1v) is 10.1. The molecule has 5 nitrogen and oxygen atoms in total. The van der Waals surface area contributed by atoms with E-state index in [-0.39, 0.29) is 11.6 Å². The van der Waals surface area contributed by atoms with Crippen LogP contribution in [-0.2, 0) is 6.54 Å². The summed E-state index contributed by atoms with van der Waals surface area (Å²) < 4.78 is 2.29. The van der Waals surface area contributed by atoms with Gasteiger partial charge in [0.1, 0.15) is 0 Å². The van der Waals surface area contributed by atoms with E-state index in [0.29, 0.717) is 16.0 Å². The van der Waals surface area contributed by atoms with Crippen LogP contribution in [0.15, 0.2) is 82.5 Å². The summed E-state index contributed by atoms with van der Waals surface area (Å²) in [5.41, 5.74) is 4.78. The lowest BCUT2D eigenvalue weighted by molar-refractivity contribution is 0.0948. The predicted molar refractivity (Wildman–Crippen MR) is 119 cm³/mol. The number of hydrogen-bond acceptors (Lipinski definition) is 3. The SMILES string of the molecule is O=C(N/N=C\c1cccc2ccccc12)c1nn(Cc2ccc(Cl)cc2)cc1Br. The second-order valence-corrected chi connectivity index (χ2v) is 7.71. The highest BCUT2D eigenvalue weighted by molar-refractivity contribution is 9.10. The summed E-state index contributed by atoms with van der Waals surface area (Å²) in [6.07, 6.45) is 3.40. The molecule has 0 radical (unpaired) electrons. The van der Waals surface area contributed by atoms with Gasteiger partial charge in [-0.15, -0.1) is 0 Å². The highest BCUT2D eigenvalue weighted by Crippen LogP contribution is 2.18. The van der Waals surface area contributed by atoms with Gasteiger partial charge in [-0.2, -0.15) is 10.2 Å². The van der Waals surface area contributed by atoms with E-state index in [4.69, 9.17) is 11.6 Å². The molecule has 0 aliphatic heterocycles. The van der Waals surface area contributed by atoms with Gasteiger partial charge in [0, 0.05) is 16.8 Å². The maximum absolute atomic E-state index is 12.5. The maximum Gasteiger partial charge on any atom is 0.293 e. The molecule has 7 heteroatoms. The zero-order valence-electron chi connectivity index (χ0n) is 15.2. The molecule has 0 atom stereocenters.